The van der Waals surface area contributed by atoms with E-state index in [1.54, 1.807) is 13.8 Å². The van der Waals surface area contributed by atoms with E-state index >= 15 is 0 Å². The van der Waals surface area contributed by atoms with Gasteiger partial charge in [-0.3, -0.25) is 4.79 Å². The number of amides is 1. The predicted molar refractivity (Wildman–Crippen MR) is 61.5 cm³/mol. The Balaban J connectivity index is 4.63. The van der Waals surface area contributed by atoms with E-state index in [2.05, 4.69) is 0 Å². The number of rotatable bonds is 4. The Morgan fingerprint density at radius 1 is 1.18 bits per heavy atom. The molecule has 0 fully saturated rings. The number of alkyl halides is 3. The van der Waals surface area contributed by atoms with Crippen molar-refractivity contribution in [3.05, 3.63) is 0 Å². The third kappa shape index (κ3) is 9.01. The third-order valence-corrected chi connectivity index (χ3v) is 1.99. The Morgan fingerprint density at radius 3 is 1.94 bits per heavy atom. The maximum Gasteiger partial charge on any atom is 0.406 e. The molecule has 0 aromatic rings. The van der Waals surface area contributed by atoms with Crippen molar-refractivity contribution in [1.82, 2.24) is 4.90 Å². The maximum atomic E-state index is 12.4. The van der Waals surface area contributed by atoms with E-state index in [1.165, 1.54) is 0 Å². The standard InChI is InChI=1S/C12H22F3NO/c1-9(2)7-16(8-12(13,14)15)10(17)6-11(3,4)5/h9H,6-8H2,1-5H3. The molecule has 1 amide bonds. The van der Waals surface area contributed by atoms with Gasteiger partial charge in [0, 0.05) is 13.0 Å². The summed E-state index contributed by atoms with van der Waals surface area (Å²) in [6.45, 7) is 8.11. The minimum absolute atomic E-state index is 0.0290. The van der Waals surface area contributed by atoms with Gasteiger partial charge in [-0.15, -0.1) is 0 Å². The number of halogens is 3. The van der Waals surface area contributed by atoms with Gasteiger partial charge in [0.1, 0.15) is 6.54 Å². The summed E-state index contributed by atoms with van der Waals surface area (Å²) in [5, 5.41) is 0. The molecule has 0 bridgehead atoms. The first kappa shape index (κ1) is 16.3. The number of carbonyl (C=O) groups excluding carboxylic acids is 1. The molecule has 17 heavy (non-hydrogen) atoms. The first-order chi connectivity index (χ1) is 7.41. The maximum absolute atomic E-state index is 12.4. The molecular formula is C12H22F3NO. The molecule has 0 heterocycles. The average molecular weight is 253 g/mol. The van der Waals surface area contributed by atoms with Crippen LogP contribution >= 0.6 is 0 Å². The van der Waals surface area contributed by atoms with E-state index in [0.717, 1.165) is 4.90 Å². The van der Waals surface area contributed by atoms with Gasteiger partial charge in [0.2, 0.25) is 5.91 Å². The first-order valence-electron chi connectivity index (χ1n) is 5.75. The quantitative estimate of drug-likeness (QED) is 0.751. The fraction of sp³-hybridized carbons (Fsp3) is 0.917. The Labute approximate surface area is 101 Å². The lowest BCUT2D eigenvalue weighted by Crippen LogP contribution is -2.42. The van der Waals surface area contributed by atoms with Gasteiger partial charge in [-0.25, -0.2) is 0 Å². The molecule has 0 rings (SSSR count). The predicted octanol–water partition coefficient (Wildman–Crippen LogP) is 3.47. The van der Waals surface area contributed by atoms with Crippen molar-refractivity contribution >= 4 is 5.91 Å². The van der Waals surface area contributed by atoms with Crippen LogP contribution in [0.15, 0.2) is 0 Å². The highest BCUT2D eigenvalue weighted by atomic mass is 19.4. The van der Waals surface area contributed by atoms with Gasteiger partial charge in [-0.2, -0.15) is 13.2 Å². The molecule has 0 atom stereocenters. The summed E-state index contributed by atoms with van der Waals surface area (Å²) in [6, 6.07) is 0. The molecule has 0 saturated heterocycles. The summed E-state index contributed by atoms with van der Waals surface area (Å²) in [4.78, 5) is 12.7. The van der Waals surface area contributed by atoms with Crippen molar-refractivity contribution in [3.63, 3.8) is 0 Å². The van der Waals surface area contributed by atoms with Crippen molar-refractivity contribution in [2.24, 2.45) is 11.3 Å². The molecule has 0 saturated carbocycles. The normalized spacial score (nSPS) is 13.0. The highest BCUT2D eigenvalue weighted by Gasteiger charge is 2.34. The topological polar surface area (TPSA) is 20.3 Å². The third-order valence-electron chi connectivity index (χ3n) is 1.99. The fourth-order valence-corrected chi connectivity index (χ4v) is 1.48. The Hall–Kier alpha value is -0.740. The average Bonchev–Trinajstić information content (AvgIpc) is 1.95. The highest BCUT2D eigenvalue weighted by molar-refractivity contribution is 5.76. The van der Waals surface area contributed by atoms with Crippen molar-refractivity contribution < 1.29 is 18.0 Å². The molecule has 0 aliphatic carbocycles. The van der Waals surface area contributed by atoms with Crippen molar-refractivity contribution in [2.75, 3.05) is 13.1 Å². The molecule has 0 N–H and O–H groups in total. The second kappa shape index (κ2) is 5.74. The summed E-state index contributed by atoms with van der Waals surface area (Å²) < 4.78 is 37.1. The first-order valence-corrected chi connectivity index (χ1v) is 5.75. The van der Waals surface area contributed by atoms with Crippen LogP contribution in [0.3, 0.4) is 0 Å². The highest BCUT2D eigenvalue weighted by Crippen LogP contribution is 2.23. The van der Waals surface area contributed by atoms with Crippen LogP contribution in [0.2, 0.25) is 0 Å². The molecule has 0 unspecified atom stereocenters. The molecule has 2 nitrogen and oxygen atoms in total. The lowest BCUT2D eigenvalue weighted by molar-refractivity contribution is -0.163. The van der Waals surface area contributed by atoms with Gasteiger partial charge < -0.3 is 4.90 Å². The van der Waals surface area contributed by atoms with Crippen LogP contribution in [0.25, 0.3) is 0 Å². The lowest BCUT2D eigenvalue weighted by Gasteiger charge is -2.28. The summed E-state index contributed by atoms with van der Waals surface area (Å²) >= 11 is 0. The molecular weight excluding hydrogens is 231 g/mol. The van der Waals surface area contributed by atoms with Gasteiger partial charge in [-0.1, -0.05) is 34.6 Å². The summed E-state index contributed by atoms with van der Waals surface area (Å²) in [7, 11) is 0. The van der Waals surface area contributed by atoms with Crippen LogP contribution in [0.5, 0.6) is 0 Å². The number of hydrogen-bond acceptors (Lipinski definition) is 1. The van der Waals surface area contributed by atoms with E-state index in [-0.39, 0.29) is 24.3 Å². The second-order valence-corrected chi connectivity index (χ2v) is 6.02. The Kier molecular flexibility index (Phi) is 5.49. The second-order valence-electron chi connectivity index (χ2n) is 6.02. The fourth-order valence-electron chi connectivity index (χ4n) is 1.48. The summed E-state index contributed by atoms with van der Waals surface area (Å²) in [5.41, 5.74) is -0.294. The van der Waals surface area contributed by atoms with Crippen molar-refractivity contribution in [1.29, 1.82) is 0 Å². The Bertz CT molecular complexity index is 253. The van der Waals surface area contributed by atoms with E-state index in [0.29, 0.717) is 0 Å². The van der Waals surface area contributed by atoms with Crippen LogP contribution in [0.1, 0.15) is 41.0 Å². The lowest BCUT2D eigenvalue weighted by atomic mass is 9.91. The van der Waals surface area contributed by atoms with E-state index in [1.807, 2.05) is 20.8 Å². The van der Waals surface area contributed by atoms with Crippen LogP contribution in [-0.4, -0.2) is 30.1 Å². The zero-order valence-electron chi connectivity index (χ0n) is 11.2. The number of nitrogens with zero attached hydrogens (tertiary/aromatic N) is 1. The van der Waals surface area contributed by atoms with Gasteiger partial charge in [0.25, 0.3) is 0 Å². The SMILES string of the molecule is CC(C)CN(CC(F)(F)F)C(=O)CC(C)(C)C. The molecule has 5 heteroatoms. The number of carbonyl (C=O) groups is 1. The summed E-state index contributed by atoms with van der Waals surface area (Å²) in [5.74, 6) is -0.398. The van der Waals surface area contributed by atoms with Gasteiger partial charge in [0.15, 0.2) is 0 Å². The van der Waals surface area contributed by atoms with E-state index < -0.39 is 18.6 Å². The zero-order valence-corrected chi connectivity index (χ0v) is 11.2. The molecule has 0 radical (unpaired) electrons. The smallest absolute Gasteiger partial charge is 0.333 e. The summed E-state index contributed by atoms with van der Waals surface area (Å²) in [6.07, 6.45) is -4.20. The van der Waals surface area contributed by atoms with Crippen LogP contribution in [0.4, 0.5) is 13.2 Å². The number of hydrogen-bond donors (Lipinski definition) is 0. The zero-order chi connectivity index (χ0) is 13.9. The van der Waals surface area contributed by atoms with Crippen LogP contribution in [-0.2, 0) is 4.79 Å². The van der Waals surface area contributed by atoms with E-state index in [9.17, 15) is 18.0 Å². The van der Waals surface area contributed by atoms with Crippen molar-refractivity contribution in [2.45, 2.75) is 47.2 Å². The van der Waals surface area contributed by atoms with Gasteiger partial charge in [-0.05, 0) is 11.3 Å². The largest absolute Gasteiger partial charge is 0.406 e. The molecule has 0 aliphatic rings. The van der Waals surface area contributed by atoms with Crippen LogP contribution in [0, 0.1) is 11.3 Å². The van der Waals surface area contributed by atoms with Crippen LogP contribution < -0.4 is 0 Å². The minimum atomic E-state index is -4.33. The van der Waals surface area contributed by atoms with Crippen molar-refractivity contribution in [3.8, 4) is 0 Å². The molecule has 0 spiro atoms. The minimum Gasteiger partial charge on any atom is -0.333 e. The molecule has 0 aliphatic heterocycles. The van der Waals surface area contributed by atoms with Gasteiger partial charge in [0.05, 0.1) is 0 Å². The molecule has 0 aromatic carbocycles. The molecule has 0 aromatic heterocycles. The molecule has 102 valence electrons. The Morgan fingerprint density at radius 2 is 1.65 bits per heavy atom. The monoisotopic (exact) mass is 253 g/mol. The van der Waals surface area contributed by atoms with Gasteiger partial charge >= 0.3 is 6.18 Å². The van der Waals surface area contributed by atoms with E-state index in [4.69, 9.17) is 0 Å².